The maximum Gasteiger partial charge on any atom is 0.342 e. The average molecular weight is 501 g/mol. The second-order valence-corrected chi connectivity index (χ2v) is 9.35. The number of aromatic hydroxyl groups is 1. The molecule has 3 N–H and O–H groups in total. The van der Waals surface area contributed by atoms with E-state index in [-0.39, 0.29) is 39.3 Å². The Bertz CT molecular complexity index is 1220. The maximum absolute atomic E-state index is 12.8. The lowest BCUT2D eigenvalue weighted by molar-refractivity contribution is 0.102. The van der Waals surface area contributed by atoms with Crippen molar-refractivity contribution in [1.29, 1.82) is 0 Å². The van der Waals surface area contributed by atoms with Gasteiger partial charge in [-0.2, -0.15) is 9.78 Å². The number of nitrogens with zero attached hydrogens (tertiary/aromatic N) is 2. The van der Waals surface area contributed by atoms with Gasteiger partial charge in [0.25, 0.3) is 5.91 Å². The molecule has 0 radical (unpaired) electrons. The topological polar surface area (TPSA) is 96.3 Å². The van der Waals surface area contributed by atoms with Crippen molar-refractivity contribution in [2.75, 3.05) is 5.32 Å². The molecule has 178 valence electrons. The highest BCUT2D eigenvalue weighted by atomic mass is 35.5. The molecule has 1 fully saturated rings. The molecule has 0 spiro atoms. The Balaban J connectivity index is 1.60. The molecule has 1 aliphatic carbocycles. The number of halogens is 2. The molecule has 0 bridgehead atoms. The molecule has 2 amide bonds. The van der Waals surface area contributed by atoms with Gasteiger partial charge in [0, 0.05) is 29.3 Å². The van der Waals surface area contributed by atoms with Crippen LogP contribution in [-0.2, 0) is 0 Å². The van der Waals surface area contributed by atoms with Crippen molar-refractivity contribution in [2.45, 2.75) is 51.5 Å². The first-order valence-corrected chi connectivity index (χ1v) is 12.0. The highest BCUT2D eigenvalue weighted by Crippen LogP contribution is 2.39. The Hall–Kier alpha value is -3.03. The Morgan fingerprint density at radius 3 is 2.47 bits per heavy atom. The molecule has 4 rings (SSSR count). The SMILES string of the molecule is CCC(C)NC(=O)n1nc(-c2ccc(NC(=O)c3c(Cl)cccc3Cl)cc2O)cc1C1CCC1. The zero-order valence-electron chi connectivity index (χ0n) is 18.9. The molecule has 0 aliphatic heterocycles. The quantitative estimate of drug-likeness (QED) is 0.362. The molecule has 1 atom stereocenters. The number of anilines is 1. The zero-order valence-corrected chi connectivity index (χ0v) is 20.5. The van der Waals surface area contributed by atoms with E-state index >= 15 is 0 Å². The fourth-order valence-corrected chi connectivity index (χ4v) is 4.36. The van der Waals surface area contributed by atoms with E-state index in [1.807, 2.05) is 19.9 Å². The van der Waals surface area contributed by atoms with E-state index < -0.39 is 5.91 Å². The fourth-order valence-electron chi connectivity index (χ4n) is 3.79. The van der Waals surface area contributed by atoms with Crippen molar-refractivity contribution >= 4 is 40.8 Å². The van der Waals surface area contributed by atoms with Gasteiger partial charge in [-0.15, -0.1) is 0 Å². The standard InChI is InChI=1S/C25H26Cl2N4O3/c1-3-14(2)28-25(34)31-21(15-6-4-7-15)13-20(30-31)17-11-10-16(12-22(17)32)29-24(33)23-18(26)8-5-9-19(23)27/h5,8-15,32H,3-4,6-7H2,1-2H3,(H,28,34)(H,29,33). The minimum absolute atomic E-state index is 0.0253. The summed E-state index contributed by atoms with van der Waals surface area (Å²) in [4.78, 5) is 25.5. The third-order valence-corrected chi connectivity index (χ3v) is 6.79. The van der Waals surface area contributed by atoms with Crippen LogP contribution in [0, 0.1) is 0 Å². The summed E-state index contributed by atoms with van der Waals surface area (Å²) >= 11 is 12.2. The summed E-state index contributed by atoms with van der Waals surface area (Å²) in [6.07, 6.45) is 3.94. The Labute approximate surface area is 208 Å². The van der Waals surface area contributed by atoms with Gasteiger partial charge < -0.3 is 15.7 Å². The monoisotopic (exact) mass is 500 g/mol. The summed E-state index contributed by atoms with van der Waals surface area (Å²) in [5, 5.41) is 21.4. The van der Waals surface area contributed by atoms with Gasteiger partial charge in [0.2, 0.25) is 0 Å². The number of benzene rings is 2. The lowest BCUT2D eigenvalue weighted by Crippen LogP contribution is -2.37. The first-order valence-electron chi connectivity index (χ1n) is 11.3. The van der Waals surface area contributed by atoms with E-state index in [9.17, 15) is 14.7 Å². The van der Waals surface area contributed by atoms with Crippen LogP contribution in [0.3, 0.4) is 0 Å². The number of nitrogens with one attached hydrogen (secondary N) is 2. The first-order chi connectivity index (χ1) is 16.3. The number of carbonyl (C=O) groups is 2. The number of rotatable bonds is 6. The van der Waals surface area contributed by atoms with Gasteiger partial charge in [0.1, 0.15) is 5.75 Å². The summed E-state index contributed by atoms with van der Waals surface area (Å²) < 4.78 is 1.42. The van der Waals surface area contributed by atoms with Crippen LogP contribution in [-0.4, -0.2) is 32.9 Å². The molecule has 1 heterocycles. The normalized spacial score (nSPS) is 14.4. The van der Waals surface area contributed by atoms with Gasteiger partial charge in [-0.25, -0.2) is 4.79 Å². The third-order valence-electron chi connectivity index (χ3n) is 6.16. The van der Waals surface area contributed by atoms with Crippen LogP contribution in [0.15, 0.2) is 42.5 Å². The van der Waals surface area contributed by atoms with Crippen LogP contribution in [0.2, 0.25) is 10.0 Å². The highest BCUT2D eigenvalue weighted by molar-refractivity contribution is 6.40. The van der Waals surface area contributed by atoms with E-state index in [1.165, 1.54) is 10.7 Å². The van der Waals surface area contributed by atoms with Crippen molar-refractivity contribution in [2.24, 2.45) is 0 Å². The Kier molecular flexibility index (Phi) is 7.14. The summed E-state index contributed by atoms with van der Waals surface area (Å²) in [6.45, 7) is 3.95. The first kappa shape index (κ1) is 24.1. The minimum atomic E-state index is -0.485. The number of amides is 2. The lowest BCUT2D eigenvalue weighted by atomic mass is 9.82. The van der Waals surface area contributed by atoms with Crippen LogP contribution >= 0.6 is 23.2 Å². The van der Waals surface area contributed by atoms with E-state index in [0.29, 0.717) is 16.9 Å². The molecule has 7 nitrogen and oxygen atoms in total. The smallest absolute Gasteiger partial charge is 0.342 e. The largest absolute Gasteiger partial charge is 0.507 e. The highest BCUT2D eigenvalue weighted by Gasteiger charge is 2.28. The maximum atomic E-state index is 12.8. The summed E-state index contributed by atoms with van der Waals surface area (Å²) in [5.41, 5.74) is 2.32. The van der Waals surface area contributed by atoms with Crippen molar-refractivity contribution in [1.82, 2.24) is 15.1 Å². The predicted molar refractivity (Wildman–Crippen MR) is 134 cm³/mol. The number of phenols is 1. The van der Waals surface area contributed by atoms with Gasteiger partial charge in [-0.3, -0.25) is 4.79 Å². The van der Waals surface area contributed by atoms with Crippen molar-refractivity contribution in [3.8, 4) is 17.0 Å². The molecular formula is C25H26Cl2N4O3. The molecule has 2 aromatic carbocycles. The van der Waals surface area contributed by atoms with Crippen LogP contribution in [0.1, 0.15) is 61.5 Å². The van der Waals surface area contributed by atoms with Gasteiger partial charge in [-0.1, -0.05) is 42.6 Å². The number of aromatic nitrogens is 2. The molecule has 1 aromatic heterocycles. The molecule has 1 saturated carbocycles. The van der Waals surface area contributed by atoms with Crippen LogP contribution in [0.25, 0.3) is 11.3 Å². The summed E-state index contributed by atoms with van der Waals surface area (Å²) in [6, 6.07) is 11.2. The van der Waals surface area contributed by atoms with Crippen LogP contribution in [0.4, 0.5) is 10.5 Å². The number of hydrogen-bond donors (Lipinski definition) is 3. The number of hydrogen-bond acceptors (Lipinski definition) is 4. The number of phenolic OH excluding ortho intramolecular Hbond substituents is 1. The van der Waals surface area contributed by atoms with Gasteiger partial charge in [0.05, 0.1) is 27.0 Å². The summed E-state index contributed by atoms with van der Waals surface area (Å²) in [7, 11) is 0. The van der Waals surface area contributed by atoms with E-state index in [1.54, 1.807) is 30.3 Å². The molecule has 34 heavy (non-hydrogen) atoms. The van der Waals surface area contributed by atoms with Gasteiger partial charge in [0.15, 0.2) is 0 Å². The molecule has 3 aromatic rings. The Morgan fingerprint density at radius 1 is 1.18 bits per heavy atom. The zero-order chi connectivity index (χ0) is 24.4. The fraction of sp³-hybridized carbons (Fsp3) is 0.320. The van der Waals surface area contributed by atoms with E-state index in [0.717, 1.165) is 31.4 Å². The molecule has 0 saturated heterocycles. The summed E-state index contributed by atoms with van der Waals surface area (Å²) in [5.74, 6) is -0.291. The Morgan fingerprint density at radius 2 is 1.88 bits per heavy atom. The second-order valence-electron chi connectivity index (χ2n) is 8.54. The van der Waals surface area contributed by atoms with E-state index in [4.69, 9.17) is 23.2 Å². The number of carbonyl (C=O) groups excluding carboxylic acids is 2. The van der Waals surface area contributed by atoms with Crippen molar-refractivity contribution in [3.05, 3.63) is 63.8 Å². The van der Waals surface area contributed by atoms with E-state index in [2.05, 4.69) is 15.7 Å². The van der Waals surface area contributed by atoms with Crippen molar-refractivity contribution < 1.29 is 14.7 Å². The molecule has 9 heteroatoms. The van der Waals surface area contributed by atoms with Crippen molar-refractivity contribution in [3.63, 3.8) is 0 Å². The van der Waals surface area contributed by atoms with Gasteiger partial charge in [-0.05, 0) is 56.5 Å². The lowest BCUT2D eigenvalue weighted by Gasteiger charge is -2.25. The average Bonchev–Trinajstić information content (AvgIpc) is 3.16. The second kappa shape index (κ2) is 10.1. The van der Waals surface area contributed by atoms with Crippen LogP contribution in [0.5, 0.6) is 5.75 Å². The molecular weight excluding hydrogens is 475 g/mol. The third kappa shape index (κ3) is 4.91. The molecule has 1 unspecified atom stereocenters. The minimum Gasteiger partial charge on any atom is -0.507 e. The van der Waals surface area contributed by atoms with Crippen LogP contribution < -0.4 is 10.6 Å². The molecule has 1 aliphatic rings. The van der Waals surface area contributed by atoms with Gasteiger partial charge >= 0.3 is 6.03 Å². The predicted octanol–water partition coefficient (Wildman–Crippen LogP) is 6.44.